The number of carbonyl (C=O) groups excluding carboxylic acids is 1. The fraction of sp³-hybridized carbons (Fsp3) is 0.417. The molecule has 1 aliphatic rings. The van der Waals surface area contributed by atoms with Gasteiger partial charge in [0, 0.05) is 4.90 Å². The molecule has 110 valence electrons. The van der Waals surface area contributed by atoms with E-state index in [1.54, 1.807) is 0 Å². The number of alkyl halides is 3. The quantitative estimate of drug-likeness (QED) is 0.629. The molecule has 3 nitrogen and oxygen atoms in total. The molecule has 1 amide bonds. The van der Waals surface area contributed by atoms with Crippen LogP contribution in [0.5, 0.6) is 0 Å². The van der Waals surface area contributed by atoms with Crippen LogP contribution < -0.4 is 4.90 Å². The van der Waals surface area contributed by atoms with Crippen molar-refractivity contribution in [2.24, 2.45) is 0 Å². The monoisotopic (exact) mass is 309 g/mol. The number of hydrogen-bond donors (Lipinski definition) is 0. The lowest BCUT2D eigenvalue weighted by Crippen LogP contribution is -2.24. The zero-order chi connectivity index (χ0) is 14.9. The predicted octanol–water partition coefficient (Wildman–Crippen LogP) is 3.75. The first-order valence-corrected chi connectivity index (χ1v) is 6.70. The lowest BCUT2D eigenvalue weighted by molar-refractivity contribution is -0.105. The summed E-state index contributed by atoms with van der Waals surface area (Å²) >= 11 is 0.566. The summed E-state index contributed by atoms with van der Waals surface area (Å²) in [6.07, 6.45) is -5.00. The highest BCUT2D eigenvalue weighted by Gasteiger charge is 2.29. The molecule has 1 aromatic carbocycles. The van der Waals surface area contributed by atoms with E-state index in [-0.39, 0.29) is 18.8 Å². The van der Waals surface area contributed by atoms with Gasteiger partial charge in [-0.2, -0.15) is 13.2 Å². The van der Waals surface area contributed by atoms with E-state index in [9.17, 15) is 22.4 Å². The second kappa shape index (κ2) is 5.51. The second-order valence-corrected chi connectivity index (χ2v) is 5.26. The van der Waals surface area contributed by atoms with Crippen LogP contribution in [0.15, 0.2) is 17.0 Å². The lowest BCUT2D eigenvalue weighted by Gasteiger charge is -2.16. The summed E-state index contributed by atoms with van der Waals surface area (Å²) in [5, 5.41) is 0. The van der Waals surface area contributed by atoms with E-state index in [0.29, 0.717) is 22.2 Å². The van der Waals surface area contributed by atoms with E-state index >= 15 is 0 Å². The molecule has 20 heavy (non-hydrogen) atoms. The third-order valence-corrected chi connectivity index (χ3v) is 3.91. The van der Waals surface area contributed by atoms with Crippen molar-refractivity contribution in [2.75, 3.05) is 23.8 Å². The summed E-state index contributed by atoms with van der Waals surface area (Å²) in [6.45, 7) is 1.84. The Bertz CT molecular complexity index is 533. The third-order valence-electron chi connectivity index (χ3n) is 2.69. The molecule has 0 atom stereocenters. The Kier molecular flexibility index (Phi) is 4.12. The number of rotatable bonds is 3. The number of amides is 1. The Morgan fingerprint density at radius 2 is 2.10 bits per heavy atom. The van der Waals surface area contributed by atoms with Gasteiger partial charge < -0.3 is 4.74 Å². The number of anilines is 1. The molecule has 0 aromatic heterocycles. The van der Waals surface area contributed by atoms with Crippen molar-refractivity contribution < 1.29 is 27.1 Å². The minimum absolute atomic E-state index is 0.0530. The molecule has 1 heterocycles. The van der Waals surface area contributed by atoms with Crippen molar-refractivity contribution in [3.63, 3.8) is 0 Å². The van der Waals surface area contributed by atoms with Gasteiger partial charge in [-0.3, -0.25) is 4.90 Å². The van der Waals surface area contributed by atoms with Crippen LogP contribution >= 0.6 is 11.8 Å². The summed E-state index contributed by atoms with van der Waals surface area (Å²) in [4.78, 5) is 12.8. The first-order valence-electron chi connectivity index (χ1n) is 5.72. The highest BCUT2D eigenvalue weighted by atomic mass is 32.2. The first-order chi connectivity index (χ1) is 9.28. The number of benzene rings is 1. The summed E-state index contributed by atoms with van der Waals surface area (Å²) in [5.74, 6) is -1.72. The maximum absolute atomic E-state index is 13.8. The molecule has 0 N–H and O–H groups in total. The van der Waals surface area contributed by atoms with E-state index in [4.69, 9.17) is 4.74 Å². The molecular weight excluding hydrogens is 298 g/mol. The zero-order valence-corrected chi connectivity index (χ0v) is 11.3. The largest absolute Gasteiger partial charge is 0.447 e. The van der Waals surface area contributed by atoms with Gasteiger partial charge in [-0.25, -0.2) is 9.18 Å². The van der Waals surface area contributed by atoms with Gasteiger partial charge in [0.1, 0.15) is 12.4 Å². The summed E-state index contributed by atoms with van der Waals surface area (Å²) in [7, 11) is 0. The van der Waals surface area contributed by atoms with E-state index in [2.05, 4.69) is 0 Å². The fourth-order valence-corrected chi connectivity index (χ4v) is 2.58. The molecule has 2 rings (SSSR count). The van der Waals surface area contributed by atoms with Gasteiger partial charge in [0.05, 0.1) is 18.0 Å². The molecule has 0 saturated carbocycles. The zero-order valence-electron chi connectivity index (χ0n) is 10.5. The summed E-state index contributed by atoms with van der Waals surface area (Å²) < 4.78 is 55.3. The Morgan fingerprint density at radius 1 is 1.40 bits per heavy atom. The fourth-order valence-electron chi connectivity index (χ4n) is 1.78. The first kappa shape index (κ1) is 15.0. The molecule has 8 heteroatoms. The Morgan fingerprint density at radius 3 is 2.65 bits per heavy atom. The van der Waals surface area contributed by atoms with E-state index in [1.807, 2.05) is 0 Å². The topological polar surface area (TPSA) is 29.5 Å². The van der Waals surface area contributed by atoms with Crippen LogP contribution in [-0.4, -0.2) is 31.2 Å². The van der Waals surface area contributed by atoms with Crippen molar-refractivity contribution in [1.29, 1.82) is 0 Å². The smallest absolute Gasteiger partial charge is 0.414 e. The minimum Gasteiger partial charge on any atom is -0.447 e. The van der Waals surface area contributed by atoms with Crippen LogP contribution in [0.3, 0.4) is 0 Å². The number of thioether (sulfide) groups is 1. The molecule has 1 aromatic rings. The average Bonchev–Trinajstić information content (AvgIpc) is 2.73. The van der Waals surface area contributed by atoms with Crippen LogP contribution in [0.4, 0.5) is 28.0 Å². The summed E-state index contributed by atoms with van der Waals surface area (Å²) in [6, 6.07) is 2.38. The van der Waals surface area contributed by atoms with E-state index < -0.39 is 23.8 Å². The van der Waals surface area contributed by atoms with Gasteiger partial charge in [0.25, 0.3) is 0 Å². The second-order valence-electron chi connectivity index (χ2n) is 4.24. The van der Waals surface area contributed by atoms with Crippen molar-refractivity contribution in [3.05, 3.63) is 23.5 Å². The lowest BCUT2D eigenvalue weighted by atomic mass is 10.2. The molecule has 0 spiro atoms. The normalized spacial score (nSPS) is 15.7. The number of halogens is 4. The molecule has 1 fully saturated rings. The minimum atomic E-state index is -4.31. The Labute approximate surface area is 116 Å². The van der Waals surface area contributed by atoms with Crippen molar-refractivity contribution >= 4 is 23.5 Å². The van der Waals surface area contributed by atoms with E-state index in [1.165, 1.54) is 13.0 Å². The molecule has 0 aliphatic carbocycles. The van der Waals surface area contributed by atoms with Gasteiger partial charge in [-0.05, 0) is 24.6 Å². The number of aryl methyl sites for hydroxylation is 1. The molecule has 1 aliphatic heterocycles. The molecule has 1 saturated heterocycles. The molecule has 0 unspecified atom stereocenters. The van der Waals surface area contributed by atoms with Crippen molar-refractivity contribution in [1.82, 2.24) is 0 Å². The number of ether oxygens (including phenoxy) is 1. The number of nitrogens with zero attached hydrogens (tertiary/aromatic N) is 1. The standard InChI is InChI=1S/C12H11F4NO2S/c1-7-4-8(13)9(17-2-3-19-11(17)18)5-10(7)20-6-12(14,15)16/h4-5H,2-3,6H2,1H3. The molecule has 0 radical (unpaired) electrons. The van der Waals surface area contributed by atoms with Crippen LogP contribution in [-0.2, 0) is 4.74 Å². The number of hydrogen-bond acceptors (Lipinski definition) is 3. The van der Waals surface area contributed by atoms with Gasteiger partial charge in [-0.1, -0.05) is 0 Å². The highest BCUT2D eigenvalue weighted by Crippen LogP contribution is 2.34. The number of carbonyl (C=O) groups is 1. The van der Waals surface area contributed by atoms with Crippen LogP contribution in [0.25, 0.3) is 0 Å². The summed E-state index contributed by atoms with van der Waals surface area (Å²) in [5.41, 5.74) is 0.343. The third kappa shape index (κ3) is 3.36. The SMILES string of the molecule is Cc1cc(F)c(N2CCOC2=O)cc1SCC(F)(F)F. The van der Waals surface area contributed by atoms with Gasteiger partial charge in [-0.15, -0.1) is 11.8 Å². The highest BCUT2D eigenvalue weighted by molar-refractivity contribution is 7.99. The molecular formula is C12H11F4NO2S. The van der Waals surface area contributed by atoms with Gasteiger partial charge >= 0.3 is 12.3 Å². The predicted molar refractivity (Wildman–Crippen MR) is 66.6 cm³/mol. The van der Waals surface area contributed by atoms with Crippen molar-refractivity contribution in [2.45, 2.75) is 18.0 Å². The van der Waals surface area contributed by atoms with Gasteiger partial charge in [0.15, 0.2) is 0 Å². The van der Waals surface area contributed by atoms with Crippen LogP contribution in [0.1, 0.15) is 5.56 Å². The Hall–Kier alpha value is -1.44. The average molecular weight is 309 g/mol. The van der Waals surface area contributed by atoms with Gasteiger partial charge in [0.2, 0.25) is 0 Å². The van der Waals surface area contributed by atoms with Crippen molar-refractivity contribution in [3.8, 4) is 0 Å². The van der Waals surface area contributed by atoms with E-state index in [0.717, 1.165) is 11.0 Å². The maximum atomic E-state index is 13.8. The maximum Gasteiger partial charge on any atom is 0.414 e. The van der Waals surface area contributed by atoms with Crippen LogP contribution in [0, 0.1) is 12.7 Å². The number of cyclic esters (lactones) is 1. The Balaban J connectivity index is 2.27. The molecule has 0 bridgehead atoms. The van der Waals surface area contributed by atoms with Crippen LogP contribution in [0.2, 0.25) is 0 Å².